The summed E-state index contributed by atoms with van der Waals surface area (Å²) < 4.78 is 74.6. The zero-order valence-corrected chi connectivity index (χ0v) is 19.0. The van der Waals surface area contributed by atoms with Crippen molar-refractivity contribution in [1.29, 1.82) is 0 Å². The van der Waals surface area contributed by atoms with Crippen molar-refractivity contribution in [3.05, 3.63) is 69.6 Å². The number of urea groups is 1. The van der Waals surface area contributed by atoms with Gasteiger partial charge in [0.25, 0.3) is 5.56 Å². The number of ether oxygens (including phenoxy) is 1. The van der Waals surface area contributed by atoms with E-state index in [-0.39, 0.29) is 23.6 Å². The molecule has 0 saturated heterocycles. The zero-order valence-electron chi connectivity index (χ0n) is 19.0. The summed E-state index contributed by atoms with van der Waals surface area (Å²) in [5.41, 5.74) is -2.71. The third kappa shape index (κ3) is 4.51. The molecule has 2 aromatic rings. The van der Waals surface area contributed by atoms with E-state index in [1.165, 1.54) is 29.3 Å². The summed E-state index contributed by atoms with van der Waals surface area (Å²) in [4.78, 5) is 26.4. The van der Waals surface area contributed by atoms with E-state index in [4.69, 9.17) is 4.74 Å². The first-order valence-electron chi connectivity index (χ1n) is 10.4. The van der Waals surface area contributed by atoms with Crippen LogP contribution < -0.4 is 15.6 Å². The molecule has 0 unspecified atom stereocenters. The van der Waals surface area contributed by atoms with Gasteiger partial charge < -0.3 is 15.0 Å². The number of aromatic nitrogens is 1. The van der Waals surface area contributed by atoms with Gasteiger partial charge >= 0.3 is 18.1 Å². The number of carbonyl (C=O) groups excluding carboxylic acids is 1. The highest BCUT2D eigenvalue weighted by Crippen LogP contribution is 2.47. The fourth-order valence-corrected chi connectivity index (χ4v) is 3.57. The normalized spacial score (nSPS) is 15.4. The van der Waals surface area contributed by atoms with E-state index in [0.717, 1.165) is 10.6 Å². The Bertz CT molecular complexity index is 1180. The molecule has 3 rings (SSSR count). The highest BCUT2D eigenvalue weighted by Gasteiger charge is 2.59. The van der Waals surface area contributed by atoms with Gasteiger partial charge in [0.1, 0.15) is 11.4 Å². The van der Waals surface area contributed by atoms with Crippen molar-refractivity contribution >= 4 is 11.7 Å². The standard InChI is InChI=1S/C23H24F5N3O3/c1-5-30(4)20(33)29-13-16-19(31-11-7-6-8-18(31)32)15-12-14(22(24,25)23(26,27)28)9-10-17(15)34-21(16,2)3/h6-12H,5,13H2,1-4H3,(H,29,33). The van der Waals surface area contributed by atoms with Crippen LogP contribution in [-0.4, -0.2) is 47.4 Å². The molecular weight excluding hydrogens is 461 g/mol. The Morgan fingerprint density at radius 1 is 1.15 bits per heavy atom. The van der Waals surface area contributed by atoms with E-state index >= 15 is 0 Å². The molecule has 0 radical (unpaired) electrons. The summed E-state index contributed by atoms with van der Waals surface area (Å²) >= 11 is 0. The third-order valence-corrected chi connectivity index (χ3v) is 5.63. The summed E-state index contributed by atoms with van der Waals surface area (Å²) in [5, 5.41) is 2.68. The molecule has 1 aromatic carbocycles. The molecule has 0 bridgehead atoms. The van der Waals surface area contributed by atoms with Gasteiger partial charge in [-0.15, -0.1) is 0 Å². The molecule has 1 N–H and O–H groups in total. The van der Waals surface area contributed by atoms with E-state index in [2.05, 4.69) is 5.32 Å². The van der Waals surface area contributed by atoms with Crippen LogP contribution in [0.25, 0.3) is 5.70 Å². The van der Waals surface area contributed by atoms with Crippen molar-refractivity contribution in [2.75, 3.05) is 20.1 Å². The van der Waals surface area contributed by atoms with Gasteiger partial charge in [-0.3, -0.25) is 9.36 Å². The fraction of sp³-hybridized carbons (Fsp3) is 0.391. The molecule has 34 heavy (non-hydrogen) atoms. The number of rotatable bonds is 5. The van der Waals surface area contributed by atoms with Gasteiger partial charge in [-0.25, -0.2) is 4.79 Å². The third-order valence-electron chi connectivity index (χ3n) is 5.63. The fourth-order valence-electron chi connectivity index (χ4n) is 3.57. The van der Waals surface area contributed by atoms with Crippen LogP contribution in [0.15, 0.2) is 53.0 Å². The van der Waals surface area contributed by atoms with Crippen molar-refractivity contribution in [3.8, 4) is 5.75 Å². The predicted molar refractivity (Wildman–Crippen MR) is 116 cm³/mol. The first-order chi connectivity index (χ1) is 15.7. The minimum atomic E-state index is -5.81. The van der Waals surface area contributed by atoms with Crippen LogP contribution in [0.4, 0.5) is 26.7 Å². The second-order valence-corrected chi connectivity index (χ2v) is 8.30. The van der Waals surface area contributed by atoms with Gasteiger partial charge in [-0.1, -0.05) is 6.07 Å². The number of carbonyl (C=O) groups is 1. The Balaban J connectivity index is 2.27. The number of benzene rings is 1. The van der Waals surface area contributed by atoms with Crippen LogP contribution in [0.1, 0.15) is 31.9 Å². The number of pyridine rings is 1. The number of nitrogens with zero attached hydrogens (tertiary/aromatic N) is 2. The quantitative estimate of drug-likeness (QED) is 0.630. The molecule has 2 amide bonds. The molecule has 0 aliphatic carbocycles. The molecule has 6 nitrogen and oxygen atoms in total. The Morgan fingerprint density at radius 3 is 2.41 bits per heavy atom. The minimum absolute atomic E-state index is 0.0261. The number of hydrogen-bond donors (Lipinski definition) is 1. The number of alkyl halides is 5. The van der Waals surface area contributed by atoms with Gasteiger partial charge in [0.05, 0.1) is 5.70 Å². The summed E-state index contributed by atoms with van der Waals surface area (Å²) in [7, 11) is 1.57. The SMILES string of the molecule is CCN(C)C(=O)NCC1=C(n2ccccc2=O)c2cc(C(F)(F)C(F)(F)F)ccc2OC1(C)C. The van der Waals surface area contributed by atoms with Gasteiger partial charge in [0, 0.05) is 49.1 Å². The van der Waals surface area contributed by atoms with Crippen LogP contribution in [0.3, 0.4) is 0 Å². The number of amides is 2. The molecule has 2 heterocycles. The summed E-state index contributed by atoms with van der Waals surface area (Å²) in [6, 6.07) is 6.13. The molecule has 184 valence electrons. The minimum Gasteiger partial charge on any atom is -0.483 e. The Labute approximate surface area is 192 Å². The van der Waals surface area contributed by atoms with Crippen LogP contribution >= 0.6 is 0 Å². The summed E-state index contributed by atoms with van der Waals surface area (Å²) in [5.74, 6) is -5.10. The monoisotopic (exact) mass is 485 g/mol. The Morgan fingerprint density at radius 2 is 1.82 bits per heavy atom. The van der Waals surface area contributed by atoms with E-state index in [1.807, 2.05) is 0 Å². The van der Waals surface area contributed by atoms with E-state index in [1.54, 1.807) is 27.8 Å². The molecule has 1 aromatic heterocycles. The first kappa shape index (κ1) is 25.3. The van der Waals surface area contributed by atoms with Crippen molar-refractivity contribution in [2.24, 2.45) is 0 Å². The van der Waals surface area contributed by atoms with Gasteiger partial charge in [-0.05, 0) is 45.0 Å². The molecule has 0 fully saturated rings. The average Bonchev–Trinajstić information content (AvgIpc) is 2.75. The van der Waals surface area contributed by atoms with Crippen LogP contribution in [0.5, 0.6) is 5.75 Å². The van der Waals surface area contributed by atoms with E-state index in [9.17, 15) is 31.5 Å². The highest BCUT2D eigenvalue weighted by molar-refractivity contribution is 5.79. The maximum atomic E-state index is 14.2. The second-order valence-electron chi connectivity index (χ2n) is 8.30. The maximum absolute atomic E-state index is 14.2. The first-order valence-corrected chi connectivity index (χ1v) is 10.4. The lowest BCUT2D eigenvalue weighted by atomic mass is 9.88. The smallest absolute Gasteiger partial charge is 0.458 e. The molecule has 1 aliphatic heterocycles. The lowest BCUT2D eigenvalue weighted by Crippen LogP contribution is -2.45. The summed E-state index contributed by atoms with van der Waals surface area (Å²) in [6.07, 6.45) is -4.44. The van der Waals surface area contributed by atoms with Gasteiger partial charge in [-0.2, -0.15) is 22.0 Å². The number of hydrogen-bond acceptors (Lipinski definition) is 3. The number of nitrogens with one attached hydrogen (secondary N) is 1. The highest BCUT2D eigenvalue weighted by atomic mass is 19.4. The van der Waals surface area contributed by atoms with Gasteiger partial charge in [0.15, 0.2) is 0 Å². The topological polar surface area (TPSA) is 63.6 Å². The molecule has 0 atom stereocenters. The van der Waals surface area contributed by atoms with Crippen LogP contribution in [0, 0.1) is 0 Å². The summed E-state index contributed by atoms with van der Waals surface area (Å²) in [6.45, 7) is 5.32. The molecule has 11 heteroatoms. The average molecular weight is 485 g/mol. The van der Waals surface area contributed by atoms with Crippen LogP contribution in [-0.2, 0) is 5.92 Å². The van der Waals surface area contributed by atoms with Crippen molar-refractivity contribution in [3.63, 3.8) is 0 Å². The molecule has 0 spiro atoms. The van der Waals surface area contributed by atoms with Crippen LogP contribution in [0.2, 0.25) is 0 Å². The molecule has 1 aliphatic rings. The second kappa shape index (κ2) is 8.77. The Kier molecular flexibility index (Phi) is 6.51. The van der Waals surface area contributed by atoms with Gasteiger partial charge in [0.2, 0.25) is 0 Å². The predicted octanol–water partition coefficient (Wildman–Crippen LogP) is 4.59. The number of fused-ring (bicyclic) bond motifs is 1. The maximum Gasteiger partial charge on any atom is 0.458 e. The zero-order chi connectivity index (χ0) is 25.5. The lowest BCUT2D eigenvalue weighted by Gasteiger charge is -2.38. The number of halogens is 5. The lowest BCUT2D eigenvalue weighted by molar-refractivity contribution is -0.289. The van der Waals surface area contributed by atoms with Crippen molar-refractivity contribution in [2.45, 2.75) is 38.5 Å². The molecular formula is C23H24F5N3O3. The Hall–Kier alpha value is -3.37. The van der Waals surface area contributed by atoms with Crippen molar-refractivity contribution in [1.82, 2.24) is 14.8 Å². The van der Waals surface area contributed by atoms with Crippen molar-refractivity contribution < 1.29 is 31.5 Å². The molecule has 0 saturated carbocycles. The van der Waals surface area contributed by atoms with E-state index in [0.29, 0.717) is 24.3 Å². The van der Waals surface area contributed by atoms with E-state index < -0.39 is 34.9 Å². The largest absolute Gasteiger partial charge is 0.483 e.